The van der Waals surface area contributed by atoms with Crippen LogP contribution in [0.25, 0.3) is 0 Å². The topological polar surface area (TPSA) is 44.8 Å². The lowest BCUT2D eigenvalue weighted by atomic mass is 10.2. The molecule has 2 aromatic rings. The van der Waals surface area contributed by atoms with Crippen molar-refractivity contribution >= 4 is 21.9 Å². The van der Waals surface area contributed by atoms with Crippen molar-refractivity contribution in [1.82, 2.24) is 0 Å². The first-order valence-corrected chi connectivity index (χ1v) is 6.88. The smallest absolute Gasteiger partial charge is 0.356 e. The predicted octanol–water partition coefficient (Wildman–Crippen LogP) is 3.19. The molecule has 0 saturated heterocycles. The van der Waals surface area contributed by atoms with E-state index in [1.807, 2.05) is 18.2 Å². The molecule has 1 aliphatic heterocycles. The summed E-state index contributed by atoms with van der Waals surface area (Å²) < 4.78 is 17.1. The zero-order valence-corrected chi connectivity index (χ0v) is 12.0. The Morgan fingerprint density at radius 3 is 2.60 bits per heavy atom. The van der Waals surface area contributed by atoms with Crippen LogP contribution in [0.3, 0.4) is 0 Å². The van der Waals surface area contributed by atoms with E-state index in [2.05, 4.69) is 15.9 Å². The highest BCUT2D eigenvalue weighted by Gasteiger charge is 2.29. The molecule has 0 aliphatic carbocycles. The Kier molecular flexibility index (Phi) is 3.60. The van der Waals surface area contributed by atoms with Crippen molar-refractivity contribution in [2.24, 2.45) is 0 Å². The van der Waals surface area contributed by atoms with Gasteiger partial charge in [0.1, 0.15) is 12.4 Å². The number of hydrogen-bond donors (Lipinski definition) is 0. The van der Waals surface area contributed by atoms with Crippen molar-refractivity contribution < 1.29 is 19.0 Å². The largest absolute Gasteiger partial charge is 0.485 e. The van der Waals surface area contributed by atoms with E-state index in [1.54, 1.807) is 30.3 Å². The molecule has 1 heterocycles. The monoisotopic (exact) mass is 334 g/mol. The molecule has 0 N–H and O–H groups in total. The van der Waals surface area contributed by atoms with E-state index >= 15 is 0 Å². The van der Waals surface area contributed by atoms with Crippen LogP contribution in [0.1, 0.15) is 0 Å². The molecule has 4 nitrogen and oxygen atoms in total. The first-order chi connectivity index (χ1) is 9.74. The molecule has 102 valence electrons. The summed E-state index contributed by atoms with van der Waals surface area (Å²) in [7, 11) is 0. The van der Waals surface area contributed by atoms with Crippen LogP contribution in [0, 0.1) is 0 Å². The van der Waals surface area contributed by atoms with Crippen molar-refractivity contribution in [2.45, 2.75) is 6.10 Å². The SMILES string of the molecule is O=C(Oc1ccccc1Br)[C@H]1COc2ccccc2O1. The lowest BCUT2D eigenvalue weighted by molar-refractivity contribution is -0.144. The minimum atomic E-state index is -0.767. The summed E-state index contributed by atoms with van der Waals surface area (Å²) in [5.41, 5.74) is 0. The number of fused-ring (bicyclic) bond motifs is 1. The molecule has 0 radical (unpaired) electrons. The Morgan fingerprint density at radius 2 is 1.80 bits per heavy atom. The molecule has 0 saturated carbocycles. The third-order valence-corrected chi connectivity index (χ3v) is 3.47. The summed E-state index contributed by atoms with van der Waals surface area (Å²) in [5, 5.41) is 0. The summed E-state index contributed by atoms with van der Waals surface area (Å²) in [4.78, 5) is 12.1. The van der Waals surface area contributed by atoms with E-state index in [0.29, 0.717) is 21.7 Å². The summed E-state index contributed by atoms with van der Waals surface area (Å²) in [6, 6.07) is 14.4. The molecular formula is C15H11BrO4. The van der Waals surface area contributed by atoms with E-state index < -0.39 is 12.1 Å². The van der Waals surface area contributed by atoms with Gasteiger partial charge in [0.15, 0.2) is 11.5 Å². The van der Waals surface area contributed by atoms with Crippen LogP contribution in [-0.2, 0) is 4.79 Å². The fraction of sp³-hybridized carbons (Fsp3) is 0.133. The van der Waals surface area contributed by atoms with Crippen molar-refractivity contribution in [3.8, 4) is 17.2 Å². The molecule has 0 amide bonds. The van der Waals surface area contributed by atoms with Gasteiger partial charge in [0, 0.05) is 0 Å². The van der Waals surface area contributed by atoms with Gasteiger partial charge >= 0.3 is 5.97 Å². The highest BCUT2D eigenvalue weighted by molar-refractivity contribution is 9.10. The van der Waals surface area contributed by atoms with Crippen LogP contribution in [0.2, 0.25) is 0 Å². The van der Waals surface area contributed by atoms with Gasteiger partial charge in [-0.05, 0) is 40.2 Å². The first kappa shape index (κ1) is 13.0. The van der Waals surface area contributed by atoms with Gasteiger partial charge in [-0.1, -0.05) is 24.3 Å². The van der Waals surface area contributed by atoms with Gasteiger partial charge in [-0.15, -0.1) is 0 Å². The van der Waals surface area contributed by atoms with Gasteiger partial charge in [-0.2, -0.15) is 0 Å². The van der Waals surface area contributed by atoms with Crippen molar-refractivity contribution in [2.75, 3.05) is 6.61 Å². The maximum absolute atomic E-state index is 12.1. The number of esters is 1. The Labute approximate surface area is 124 Å². The summed E-state index contributed by atoms with van der Waals surface area (Å²) >= 11 is 3.33. The Balaban J connectivity index is 1.72. The minimum absolute atomic E-state index is 0.139. The van der Waals surface area contributed by atoms with E-state index in [0.717, 1.165) is 0 Å². The van der Waals surface area contributed by atoms with Crippen LogP contribution < -0.4 is 14.2 Å². The zero-order valence-electron chi connectivity index (χ0n) is 10.4. The second kappa shape index (κ2) is 5.54. The number of halogens is 1. The molecule has 0 bridgehead atoms. The van der Waals surface area contributed by atoms with Crippen LogP contribution >= 0.6 is 15.9 Å². The van der Waals surface area contributed by atoms with E-state index in [4.69, 9.17) is 14.2 Å². The highest BCUT2D eigenvalue weighted by atomic mass is 79.9. The molecule has 0 spiro atoms. The molecule has 1 atom stereocenters. The molecule has 5 heteroatoms. The van der Waals surface area contributed by atoms with Crippen LogP contribution in [-0.4, -0.2) is 18.7 Å². The maximum Gasteiger partial charge on any atom is 0.356 e. The van der Waals surface area contributed by atoms with Gasteiger partial charge in [0.2, 0.25) is 6.10 Å². The van der Waals surface area contributed by atoms with Crippen LogP contribution in [0.15, 0.2) is 53.0 Å². The number of benzene rings is 2. The van der Waals surface area contributed by atoms with Gasteiger partial charge in [-0.3, -0.25) is 0 Å². The standard InChI is InChI=1S/C15H11BrO4/c16-10-5-1-2-6-11(10)20-15(17)14-9-18-12-7-3-4-8-13(12)19-14/h1-8,14H,9H2/t14-/m1/s1. The first-order valence-electron chi connectivity index (χ1n) is 6.09. The summed E-state index contributed by atoms with van der Waals surface area (Å²) in [6.45, 7) is 0.139. The number of carbonyl (C=O) groups excluding carboxylic acids is 1. The fourth-order valence-corrected chi connectivity index (χ4v) is 2.20. The van der Waals surface area contributed by atoms with Crippen LogP contribution in [0.4, 0.5) is 0 Å². The lowest BCUT2D eigenvalue weighted by Crippen LogP contribution is -2.39. The third-order valence-electron chi connectivity index (χ3n) is 2.82. The van der Waals surface area contributed by atoms with Crippen LogP contribution in [0.5, 0.6) is 17.2 Å². The Bertz CT molecular complexity index is 641. The number of rotatable bonds is 2. The highest BCUT2D eigenvalue weighted by Crippen LogP contribution is 2.31. The van der Waals surface area contributed by atoms with E-state index in [1.165, 1.54) is 0 Å². The average molecular weight is 335 g/mol. The number of carbonyl (C=O) groups is 1. The Hall–Kier alpha value is -2.01. The summed E-state index contributed by atoms with van der Waals surface area (Å²) in [5.74, 6) is 1.16. The normalized spacial score (nSPS) is 16.6. The molecule has 1 aliphatic rings. The fourth-order valence-electron chi connectivity index (χ4n) is 1.84. The van der Waals surface area contributed by atoms with E-state index in [-0.39, 0.29) is 6.61 Å². The quantitative estimate of drug-likeness (QED) is 0.625. The molecule has 0 aromatic heterocycles. The second-order valence-electron chi connectivity index (χ2n) is 4.22. The molecule has 20 heavy (non-hydrogen) atoms. The Morgan fingerprint density at radius 1 is 1.10 bits per heavy atom. The third kappa shape index (κ3) is 2.63. The van der Waals surface area contributed by atoms with Gasteiger partial charge < -0.3 is 14.2 Å². The van der Waals surface area contributed by atoms with Gasteiger partial charge in [-0.25, -0.2) is 4.79 Å². The lowest BCUT2D eigenvalue weighted by Gasteiger charge is -2.24. The zero-order chi connectivity index (χ0) is 13.9. The van der Waals surface area contributed by atoms with E-state index in [9.17, 15) is 4.79 Å². The number of para-hydroxylation sites is 3. The van der Waals surface area contributed by atoms with Gasteiger partial charge in [0.05, 0.1) is 4.47 Å². The summed E-state index contributed by atoms with van der Waals surface area (Å²) in [6.07, 6.45) is -0.767. The molecule has 3 rings (SSSR count). The molecular weight excluding hydrogens is 324 g/mol. The predicted molar refractivity (Wildman–Crippen MR) is 76.1 cm³/mol. The van der Waals surface area contributed by atoms with Crippen molar-refractivity contribution in [1.29, 1.82) is 0 Å². The van der Waals surface area contributed by atoms with Crippen molar-refractivity contribution in [3.63, 3.8) is 0 Å². The van der Waals surface area contributed by atoms with Crippen molar-refractivity contribution in [3.05, 3.63) is 53.0 Å². The molecule has 0 unspecified atom stereocenters. The molecule has 2 aromatic carbocycles. The minimum Gasteiger partial charge on any atom is -0.485 e. The average Bonchev–Trinajstić information content (AvgIpc) is 2.49. The second-order valence-corrected chi connectivity index (χ2v) is 5.07. The van der Waals surface area contributed by atoms with Gasteiger partial charge in [0.25, 0.3) is 0 Å². The number of ether oxygens (including phenoxy) is 3. The molecule has 0 fully saturated rings. The maximum atomic E-state index is 12.1. The number of hydrogen-bond acceptors (Lipinski definition) is 4.